The molecule has 84 valence electrons. The summed E-state index contributed by atoms with van der Waals surface area (Å²) in [6.45, 7) is 2.01. The van der Waals surface area contributed by atoms with Crippen LogP contribution in [0.5, 0.6) is 0 Å². The highest BCUT2D eigenvalue weighted by molar-refractivity contribution is 6.30. The van der Waals surface area contributed by atoms with Crippen molar-refractivity contribution in [1.82, 2.24) is 15.0 Å². The number of benzene rings is 1. The summed E-state index contributed by atoms with van der Waals surface area (Å²) in [6, 6.07) is 5.45. The van der Waals surface area contributed by atoms with Crippen LogP contribution in [0.25, 0.3) is 0 Å². The smallest absolute Gasteiger partial charge is 0.0796 e. The maximum Gasteiger partial charge on any atom is 0.0796 e. The van der Waals surface area contributed by atoms with Gasteiger partial charge in [0.1, 0.15) is 0 Å². The quantitative estimate of drug-likeness (QED) is 0.866. The average Bonchev–Trinajstić information content (AvgIpc) is 2.67. The third kappa shape index (κ3) is 1.94. The topological polar surface area (TPSA) is 56.7 Å². The van der Waals surface area contributed by atoms with E-state index in [2.05, 4.69) is 10.3 Å². The highest BCUT2D eigenvalue weighted by Crippen LogP contribution is 2.24. The van der Waals surface area contributed by atoms with E-state index >= 15 is 0 Å². The van der Waals surface area contributed by atoms with Crippen LogP contribution in [0, 0.1) is 6.92 Å². The number of hydrogen-bond donors (Lipinski definition) is 1. The molecule has 5 heteroatoms. The molecule has 1 heterocycles. The van der Waals surface area contributed by atoms with E-state index in [1.165, 1.54) is 0 Å². The van der Waals surface area contributed by atoms with Crippen molar-refractivity contribution in [3.8, 4) is 0 Å². The van der Waals surface area contributed by atoms with Crippen LogP contribution in [-0.4, -0.2) is 15.0 Å². The molecule has 0 amide bonds. The number of halogens is 1. The van der Waals surface area contributed by atoms with Crippen molar-refractivity contribution in [1.29, 1.82) is 0 Å². The van der Waals surface area contributed by atoms with E-state index in [0.29, 0.717) is 5.02 Å². The van der Waals surface area contributed by atoms with Gasteiger partial charge in [-0.25, -0.2) is 0 Å². The van der Waals surface area contributed by atoms with Gasteiger partial charge in [0.05, 0.1) is 17.9 Å². The number of nitrogens with two attached hydrogens (primary N) is 1. The number of rotatable bonds is 2. The first kappa shape index (κ1) is 11.1. The lowest BCUT2D eigenvalue weighted by atomic mass is 10.00. The third-order valence-electron chi connectivity index (χ3n) is 2.64. The molecule has 2 N–H and O–H groups in total. The van der Waals surface area contributed by atoms with E-state index in [9.17, 15) is 0 Å². The molecule has 0 aliphatic carbocycles. The number of aromatic nitrogens is 3. The Hall–Kier alpha value is -1.39. The molecule has 2 aromatic rings. The summed E-state index contributed by atoms with van der Waals surface area (Å²) in [7, 11) is 1.82. The maximum absolute atomic E-state index is 6.17. The minimum Gasteiger partial charge on any atom is -0.319 e. The molecule has 0 saturated heterocycles. The second-order valence-corrected chi connectivity index (χ2v) is 4.20. The van der Waals surface area contributed by atoms with Crippen molar-refractivity contribution in [2.45, 2.75) is 13.0 Å². The van der Waals surface area contributed by atoms with Crippen LogP contribution in [0.3, 0.4) is 0 Å². The van der Waals surface area contributed by atoms with Crippen LogP contribution < -0.4 is 5.73 Å². The minimum absolute atomic E-state index is 0.251. The van der Waals surface area contributed by atoms with Crippen LogP contribution in [0.2, 0.25) is 5.02 Å². The van der Waals surface area contributed by atoms with Crippen molar-refractivity contribution in [2.75, 3.05) is 0 Å². The van der Waals surface area contributed by atoms with Crippen molar-refractivity contribution in [2.24, 2.45) is 12.8 Å². The molecule has 0 fully saturated rings. The van der Waals surface area contributed by atoms with E-state index in [0.717, 1.165) is 16.8 Å². The van der Waals surface area contributed by atoms with Crippen LogP contribution in [-0.2, 0) is 7.05 Å². The van der Waals surface area contributed by atoms with E-state index in [1.807, 2.05) is 32.2 Å². The van der Waals surface area contributed by atoms with Gasteiger partial charge in [0.2, 0.25) is 0 Å². The van der Waals surface area contributed by atoms with Crippen LogP contribution in [0.1, 0.15) is 22.9 Å². The summed E-state index contributed by atoms with van der Waals surface area (Å²) in [5, 5.41) is 8.38. The Morgan fingerprint density at radius 2 is 2.19 bits per heavy atom. The lowest BCUT2D eigenvalue weighted by molar-refractivity contribution is 0.650. The van der Waals surface area contributed by atoms with E-state index in [-0.39, 0.29) is 6.04 Å². The van der Waals surface area contributed by atoms with E-state index in [4.69, 9.17) is 17.3 Å². The Balaban J connectivity index is 2.45. The molecule has 0 radical (unpaired) electrons. The summed E-state index contributed by atoms with van der Waals surface area (Å²) < 4.78 is 1.67. The minimum atomic E-state index is -0.251. The first-order chi connectivity index (χ1) is 7.59. The van der Waals surface area contributed by atoms with Crippen molar-refractivity contribution in [3.05, 3.63) is 46.2 Å². The average molecular weight is 237 g/mol. The highest BCUT2D eigenvalue weighted by Gasteiger charge is 2.15. The van der Waals surface area contributed by atoms with Crippen LogP contribution in [0.4, 0.5) is 0 Å². The fourth-order valence-electron chi connectivity index (χ4n) is 1.68. The number of aryl methyl sites for hydroxylation is 2. The second-order valence-electron chi connectivity index (χ2n) is 3.76. The SMILES string of the molecule is Cc1ccc(Cl)cc1C(N)c1cnnn1C. The lowest BCUT2D eigenvalue weighted by Crippen LogP contribution is -2.17. The molecule has 4 nitrogen and oxygen atoms in total. The maximum atomic E-state index is 6.17. The fraction of sp³-hybridized carbons (Fsp3) is 0.273. The van der Waals surface area contributed by atoms with Crippen molar-refractivity contribution < 1.29 is 0 Å². The first-order valence-corrected chi connectivity index (χ1v) is 5.33. The Kier molecular flexibility index (Phi) is 2.94. The predicted molar refractivity (Wildman–Crippen MR) is 63.2 cm³/mol. The molecule has 1 unspecified atom stereocenters. The summed E-state index contributed by atoms with van der Waals surface area (Å²) in [5.74, 6) is 0. The van der Waals surface area contributed by atoms with Crippen molar-refractivity contribution in [3.63, 3.8) is 0 Å². The summed E-state index contributed by atoms with van der Waals surface area (Å²) in [4.78, 5) is 0. The van der Waals surface area contributed by atoms with Gasteiger partial charge in [0.25, 0.3) is 0 Å². The highest BCUT2D eigenvalue weighted by atomic mass is 35.5. The summed E-state index contributed by atoms with van der Waals surface area (Å²) in [5.41, 5.74) is 9.15. The second kappa shape index (κ2) is 4.23. The van der Waals surface area contributed by atoms with E-state index in [1.54, 1.807) is 10.9 Å². The van der Waals surface area contributed by atoms with Gasteiger partial charge < -0.3 is 5.73 Å². The van der Waals surface area contributed by atoms with Crippen LogP contribution >= 0.6 is 11.6 Å². The molecule has 1 aromatic carbocycles. The van der Waals surface area contributed by atoms with Gasteiger partial charge in [-0.1, -0.05) is 22.9 Å². The number of nitrogens with zero attached hydrogens (tertiary/aromatic N) is 3. The molecular formula is C11H13ClN4. The molecule has 0 aliphatic heterocycles. The van der Waals surface area contributed by atoms with Gasteiger partial charge in [0, 0.05) is 12.1 Å². The molecule has 0 aliphatic rings. The van der Waals surface area contributed by atoms with Gasteiger partial charge in [0.15, 0.2) is 0 Å². The molecule has 1 atom stereocenters. The van der Waals surface area contributed by atoms with Gasteiger partial charge in [-0.3, -0.25) is 4.68 Å². The summed E-state index contributed by atoms with van der Waals surface area (Å²) in [6.07, 6.45) is 1.67. The molecule has 0 saturated carbocycles. The van der Waals surface area contributed by atoms with Crippen LogP contribution in [0.15, 0.2) is 24.4 Å². The third-order valence-corrected chi connectivity index (χ3v) is 2.88. The Labute approximate surface area is 99.0 Å². The normalized spacial score (nSPS) is 12.8. The molecule has 16 heavy (non-hydrogen) atoms. The monoisotopic (exact) mass is 236 g/mol. The lowest BCUT2D eigenvalue weighted by Gasteiger charge is -2.14. The molecule has 0 bridgehead atoms. The predicted octanol–water partition coefficient (Wildman–Crippen LogP) is 1.83. The molecule has 2 rings (SSSR count). The Bertz CT molecular complexity index is 506. The Morgan fingerprint density at radius 3 is 2.81 bits per heavy atom. The van der Waals surface area contributed by atoms with Crippen molar-refractivity contribution >= 4 is 11.6 Å². The molecule has 0 spiro atoms. The van der Waals surface area contributed by atoms with Gasteiger partial charge >= 0.3 is 0 Å². The summed E-state index contributed by atoms with van der Waals surface area (Å²) >= 11 is 5.97. The number of hydrogen-bond acceptors (Lipinski definition) is 3. The van der Waals surface area contributed by atoms with Gasteiger partial charge in [-0.15, -0.1) is 5.10 Å². The Morgan fingerprint density at radius 1 is 1.44 bits per heavy atom. The molecule has 1 aromatic heterocycles. The zero-order chi connectivity index (χ0) is 11.7. The van der Waals surface area contributed by atoms with Gasteiger partial charge in [-0.05, 0) is 30.2 Å². The largest absolute Gasteiger partial charge is 0.319 e. The standard InChI is InChI=1S/C11H13ClN4/c1-7-3-4-8(12)5-9(7)11(13)10-6-14-15-16(10)2/h3-6,11H,13H2,1-2H3. The van der Waals surface area contributed by atoms with Gasteiger partial charge in [-0.2, -0.15) is 0 Å². The first-order valence-electron chi connectivity index (χ1n) is 4.96. The van der Waals surface area contributed by atoms with E-state index < -0.39 is 0 Å². The zero-order valence-electron chi connectivity index (χ0n) is 9.18. The molecular weight excluding hydrogens is 224 g/mol. The zero-order valence-corrected chi connectivity index (χ0v) is 9.94. The fourth-order valence-corrected chi connectivity index (χ4v) is 1.87.